The molecule has 12 heavy (non-hydrogen) atoms. The topological polar surface area (TPSA) is 12.4 Å². The second-order valence-electron chi connectivity index (χ2n) is 2.49. The Balaban J connectivity index is 2.89. The van der Waals surface area contributed by atoms with E-state index >= 15 is 0 Å². The van der Waals surface area contributed by atoms with Gasteiger partial charge in [-0.1, -0.05) is 28.1 Å². The highest BCUT2D eigenvalue weighted by molar-refractivity contribution is 9.10. The van der Waals surface area contributed by atoms with Crippen molar-refractivity contribution in [3.8, 4) is 0 Å². The largest absolute Gasteiger partial charge is 0.228 e. The molecule has 62 valence electrons. The number of nitrogens with zero attached hydrogens (tertiary/aromatic N) is 1. The Morgan fingerprint density at radius 3 is 2.92 bits per heavy atom. The molecule has 0 N–H and O–H groups in total. The molecule has 1 rings (SSSR count). The number of benzene rings is 1. The highest BCUT2D eigenvalue weighted by Gasteiger charge is 1.95. The molecule has 1 nitrogen and oxygen atoms in total. The molecule has 0 aromatic heterocycles. The Hall–Kier alpha value is -0.500. The minimum Gasteiger partial charge on any atom is -0.228 e. The summed E-state index contributed by atoms with van der Waals surface area (Å²) < 4.78 is 1.12. The average Bonchev–Trinajstić information content (AvgIpc) is 2.07. The van der Waals surface area contributed by atoms with Gasteiger partial charge >= 0.3 is 0 Å². The Bertz CT molecular complexity index is 329. The molecule has 0 heterocycles. The molecule has 1 aromatic rings. The van der Waals surface area contributed by atoms with Crippen molar-refractivity contribution in [3.63, 3.8) is 0 Å². The van der Waals surface area contributed by atoms with Crippen molar-refractivity contribution in [1.82, 2.24) is 0 Å². The predicted molar refractivity (Wildman–Crippen MR) is 57.6 cm³/mol. The summed E-state index contributed by atoms with van der Waals surface area (Å²) in [5, 5.41) is 2.35. The van der Waals surface area contributed by atoms with E-state index in [1.165, 1.54) is 5.56 Å². The van der Waals surface area contributed by atoms with Crippen molar-refractivity contribution in [2.75, 3.05) is 0 Å². The molecule has 0 unspecified atom stereocenters. The third-order valence-corrected chi connectivity index (χ3v) is 2.57. The lowest BCUT2D eigenvalue weighted by Crippen LogP contribution is -1.83. The SMILES string of the molecule is Cc1cc(CN=C=S)ccc1Br. The zero-order valence-electron chi connectivity index (χ0n) is 6.67. The molecule has 0 amide bonds. The lowest BCUT2D eigenvalue weighted by atomic mass is 10.1. The van der Waals surface area contributed by atoms with Crippen LogP contribution in [0.1, 0.15) is 11.1 Å². The maximum atomic E-state index is 4.48. The number of hydrogen-bond donors (Lipinski definition) is 0. The Kier molecular flexibility index (Phi) is 3.60. The highest BCUT2D eigenvalue weighted by atomic mass is 79.9. The zero-order valence-corrected chi connectivity index (χ0v) is 9.08. The summed E-state index contributed by atoms with van der Waals surface area (Å²) in [6.07, 6.45) is 0. The lowest BCUT2D eigenvalue weighted by Gasteiger charge is -1.99. The molecule has 0 atom stereocenters. The van der Waals surface area contributed by atoms with Gasteiger partial charge in [-0.05, 0) is 36.3 Å². The first kappa shape index (κ1) is 9.59. The summed E-state index contributed by atoms with van der Waals surface area (Å²) in [4.78, 5) is 3.86. The highest BCUT2D eigenvalue weighted by Crippen LogP contribution is 2.17. The summed E-state index contributed by atoms with van der Waals surface area (Å²) in [7, 11) is 0. The van der Waals surface area contributed by atoms with E-state index in [-0.39, 0.29) is 0 Å². The summed E-state index contributed by atoms with van der Waals surface area (Å²) in [6.45, 7) is 2.67. The molecule has 0 aliphatic heterocycles. The normalized spacial score (nSPS) is 9.17. The van der Waals surface area contributed by atoms with E-state index in [0.29, 0.717) is 6.54 Å². The van der Waals surface area contributed by atoms with Crippen LogP contribution in [0.25, 0.3) is 0 Å². The van der Waals surface area contributed by atoms with Gasteiger partial charge in [0.2, 0.25) is 0 Å². The summed E-state index contributed by atoms with van der Waals surface area (Å²) >= 11 is 7.91. The van der Waals surface area contributed by atoms with Crippen molar-refractivity contribution < 1.29 is 0 Å². The molecule has 0 spiro atoms. The Labute approximate surface area is 85.6 Å². The van der Waals surface area contributed by atoms with Gasteiger partial charge in [0.1, 0.15) is 0 Å². The van der Waals surface area contributed by atoms with Crippen LogP contribution in [0.2, 0.25) is 0 Å². The molecule has 0 aliphatic carbocycles. The van der Waals surface area contributed by atoms with Gasteiger partial charge < -0.3 is 0 Å². The quantitative estimate of drug-likeness (QED) is 0.572. The minimum atomic E-state index is 0.623. The minimum absolute atomic E-state index is 0.623. The van der Waals surface area contributed by atoms with Crippen molar-refractivity contribution in [3.05, 3.63) is 33.8 Å². The van der Waals surface area contributed by atoms with Crippen molar-refractivity contribution in [2.24, 2.45) is 4.99 Å². The van der Waals surface area contributed by atoms with Gasteiger partial charge in [0.05, 0.1) is 11.7 Å². The summed E-state index contributed by atoms with van der Waals surface area (Å²) in [5.41, 5.74) is 2.38. The van der Waals surface area contributed by atoms with Crippen LogP contribution in [0.5, 0.6) is 0 Å². The van der Waals surface area contributed by atoms with Gasteiger partial charge in [0, 0.05) is 4.47 Å². The third-order valence-electron chi connectivity index (χ3n) is 1.55. The zero-order chi connectivity index (χ0) is 8.97. The number of isothiocyanates is 1. The molecule has 0 radical (unpaired) electrons. The van der Waals surface area contributed by atoms with E-state index in [4.69, 9.17) is 0 Å². The van der Waals surface area contributed by atoms with Crippen LogP contribution in [-0.2, 0) is 6.54 Å². The van der Waals surface area contributed by atoms with Gasteiger partial charge in [0.25, 0.3) is 0 Å². The summed E-state index contributed by atoms with van der Waals surface area (Å²) in [5.74, 6) is 0. The first-order chi connectivity index (χ1) is 5.74. The molecule has 3 heteroatoms. The number of rotatable bonds is 2. The fourth-order valence-electron chi connectivity index (χ4n) is 0.929. The van der Waals surface area contributed by atoms with Crippen molar-refractivity contribution in [1.29, 1.82) is 0 Å². The van der Waals surface area contributed by atoms with Gasteiger partial charge in [0.15, 0.2) is 0 Å². The molecule has 0 bridgehead atoms. The van der Waals surface area contributed by atoms with Crippen molar-refractivity contribution >= 4 is 33.3 Å². The molecular formula is C9H8BrNS. The molecule has 0 saturated carbocycles. The van der Waals surface area contributed by atoms with Crippen molar-refractivity contribution in [2.45, 2.75) is 13.5 Å². The van der Waals surface area contributed by atoms with Gasteiger partial charge in [-0.25, -0.2) is 4.99 Å². The van der Waals surface area contributed by atoms with E-state index < -0.39 is 0 Å². The van der Waals surface area contributed by atoms with Crippen LogP contribution in [0.4, 0.5) is 0 Å². The Morgan fingerprint density at radius 2 is 2.33 bits per heavy atom. The monoisotopic (exact) mass is 241 g/mol. The second kappa shape index (κ2) is 4.51. The van der Waals surface area contributed by atoms with Crippen LogP contribution >= 0.6 is 28.1 Å². The number of halogens is 1. The van der Waals surface area contributed by atoms with Gasteiger partial charge in [-0.15, -0.1) is 0 Å². The molecule has 1 aromatic carbocycles. The fourth-order valence-corrected chi connectivity index (χ4v) is 1.24. The predicted octanol–water partition coefficient (Wildman–Crippen LogP) is 3.36. The van der Waals surface area contributed by atoms with Gasteiger partial charge in [-0.3, -0.25) is 0 Å². The number of thiocarbonyl (C=S) groups is 1. The summed E-state index contributed by atoms with van der Waals surface area (Å²) in [6, 6.07) is 6.12. The van der Waals surface area contributed by atoms with E-state index in [1.54, 1.807) is 0 Å². The van der Waals surface area contributed by atoms with E-state index in [1.807, 2.05) is 12.1 Å². The van der Waals surface area contributed by atoms with E-state index in [2.05, 4.69) is 51.3 Å². The van der Waals surface area contributed by atoms with Gasteiger partial charge in [-0.2, -0.15) is 0 Å². The first-order valence-electron chi connectivity index (χ1n) is 3.52. The van der Waals surface area contributed by atoms with E-state index in [9.17, 15) is 0 Å². The Morgan fingerprint density at radius 1 is 1.58 bits per heavy atom. The smallest absolute Gasteiger partial charge is 0.0743 e. The average molecular weight is 242 g/mol. The van der Waals surface area contributed by atoms with Crippen LogP contribution in [0.15, 0.2) is 27.7 Å². The van der Waals surface area contributed by atoms with Crippen LogP contribution in [0, 0.1) is 6.92 Å². The van der Waals surface area contributed by atoms with Crippen LogP contribution in [0.3, 0.4) is 0 Å². The molecule has 0 saturated heterocycles. The fraction of sp³-hybridized carbons (Fsp3) is 0.222. The van der Waals surface area contributed by atoms with Crippen LogP contribution in [-0.4, -0.2) is 5.16 Å². The second-order valence-corrected chi connectivity index (χ2v) is 3.53. The maximum absolute atomic E-state index is 4.48. The third kappa shape index (κ3) is 2.52. The standard InChI is InChI=1S/C9H8BrNS/c1-7-4-8(5-11-6-12)2-3-9(7)10/h2-4H,5H2,1H3. The van der Waals surface area contributed by atoms with Crippen LogP contribution < -0.4 is 0 Å². The number of hydrogen-bond acceptors (Lipinski definition) is 2. The maximum Gasteiger partial charge on any atom is 0.0743 e. The molecular weight excluding hydrogens is 234 g/mol. The first-order valence-corrected chi connectivity index (χ1v) is 4.73. The number of aliphatic imine (C=N–C) groups is 1. The molecule has 0 fully saturated rings. The molecule has 0 aliphatic rings. The van der Waals surface area contributed by atoms with E-state index in [0.717, 1.165) is 10.0 Å². The lowest BCUT2D eigenvalue weighted by molar-refractivity contribution is 1.07. The number of aryl methyl sites for hydroxylation is 1.